The third-order valence-corrected chi connectivity index (χ3v) is 3.08. The monoisotopic (exact) mass is 225 g/mol. The van der Waals surface area contributed by atoms with Crippen molar-refractivity contribution in [3.8, 4) is 11.3 Å². The van der Waals surface area contributed by atoms with Crippen LogP contribution >= 0.6 is 0 Å². The largest absolute Gasteiger partial charge is 0.344 e. The Bertz CT molecular complexity index is 668. The van der Waals surface area contributed by atoms with E-state index in [0.717, 1.165) is 22.2 Å². The topological polar surface area (TPSA) is 4.93 Å². The molecule has 0 aliphatic carbocycles. The first-order valence-corrected chi connectivity index (χ1v) is 5.56. The van der Waals surface area contributed by atoms with Gasteiger partial charge in [-0.3, -0.25) is 0 Å². The van der Waals surface area contributed by atoms with Crippen LogP contribution in [-0.2, 0) is 7.05 Å². The average molecular weight is 225 g/mol. The van der Waals surface area contributed by atoms with Crippen molar-refractivity contribution in [1.29, 1.82) is 0 Å². The van der Waals surface area contributed by atoms with Crippen LogP contribution in [0.2, 0.25) is 0 Å². The molecule has 2 aromatic carbocycles. The molecule has 1 heterocycles. The molecule has 0 fully saturated rings. The molecule has 1 nitrogen and oxygen atoms in total. The lowest BCUT2D eigenvalue weighted by Gasteiger charge is -2.03. The Kier molecular flexibility index (Phi) is 2.22. The van der Waals surface area contributed by atoms with Gasteiger partial charge in [-0.05, 0) is 29.8 Å². The van der Waals surface area contributed by atoms with Crippen molar-refractivity contribution in [3.63, 3.8) is 0 Å². The number of nitrogens with zero attached hydrogens (tertiary/aromatic N) is 1. The summed E-state index contributed by atoms with van der Waals surface area (Å²) in [5.41, 5.74) is 3.17. The van der Waals surface area contributed by atoms with Crippen LogP contribution < -0.4 is 0 Å². The summed E-state index contributed by atoms with van der Waals surface area (Å²) < 4.78 is 15.2. The maximum absolute atomic E-state index is 13.2. The predicted molar refractivity (Wildman–Crippen MR) is 68.3 cm³/mol. The molecule has 84 valence electrons. The minimum atomic E-state index is -0.196. The van der Waals surface area contributed by atoms with E-state index < -0.39 is 0 Å². The highest BCUT2D eigenvalue weighted by atomic mass is 19.1. The van der Waals surface area contributed by atoms with Crippen molar-refractivity contribution in [2.45, 2.75) is 0 Å². The molecule has 1 aromatic heterocycles. The summed E-state index contributed by atoms with van der Waals surface area (Å²) in [5.74, 6) is -0.196. The van der Waals surface area contributed by atoms with Crippen molar-refractivity contribution < 1.29 is 4.39 Å². The van der Waals surface area contributed by atoms with Crippen LogP contribution in [0.15, 0.2) is 54.6 Å². The first kappa shape index (κ1) is 10.1. The summed E-state index contributed by atoms with van der Waals surface area (Å²) in [7, 11) is 1.96. The third kappa shape index (κ3) is 1.62. The number of hydrogen-bond donors (Lipinski definition) is 0. The summed E-state index contributed by atoms with van der Waals surface area (Å²) in [4.78, 5) is 0. The fourth-order valence-electron chi connectivity index (χ4n) is 2.19. The summed E-state index contributed by atoms with van der Waals surface area (Å²) in [6.07, 6.45) is 0. The minimum Gasteiger partial charge on any atom is -0.344 e. The van der Waals surface area contributed by atoms with E-state index >= 15 is 0 Å². The Hall–Kier alpha value is -2.09. The standard InChI is InChI=1S/C15H12FN/c1-17-14(11-5-3-2-4-6-11)9-12-7-8-13(16)10-15(12)17/h2-10H,1H3. The molecule has 2 heteroatoms. The van der Waals surface area contributed by atoms with Gasteiger partial charge in [0.2, 0.25) is 0 Å². The Morgan fingerprint density at radius 3 is 2.47 bits per heavy atom. The van der Waals surface area contributed by atoms with E-state index in [-0.39, 0.29) is 5.82 Å². The number of aromatic nitrogens is 1. The minimum absolute atomic E-state index is 0.196. The van der Waals surface area contributed by atoms with Crippen molar-refractivity contribution in [3.05, 3.63) is 60.4 Å². The molecule has 17 heavy (non-hydrogen) atoms. The van der Waals surface area contributed by atoms with E-state index in [1.165, 1.54) is 6.07 Å². The molecule has 0 spiro atoms. The second-order valence-electron chi connectivity index (χ2n) is 4.16. The predicted octanol–water partition coefficient (Wildman–Crippen LogP) is 3.98. The highest BCUT2D eigenvalue weighted by Crippen LogP contribution is 2.27. The van der Waals surface area contributed by atoms with E-state index in [0.29, 0.717) is 0 Å². The molecule has 0 amide bonds. The summed E-state index contributed by atoms with van der Waals surface area (Å²) in [5, 5.41) is 1.06. The number of fused-ring (bicyclic) bond motifs is 1. The molecule has 0 saturated carbocycles. The Morgan fingerprint density at radius 1 is 0.941 bits per heavy atom. The molecule has 0 aliphatic heterocycles. The van der Waals surface area contributed by atoms with Crippen LogP contribution in [0, 0.1) is 5.82 Å². The molecule has 0 bridgehead atoms. The van der Waals surface area contributed by atoms with E-state index in [4.69, 9.17) is 0 Å². The first-order valence-electron chi connectivity index (χ1n) is 5.56. The normalized spacial score (nSPS) is 10.9. The van der Waals surface area contributed by atoms with E-state index in [2.05, 4.69) is 18.2 Å². The molecule has 0 aliphatic rings. The van der Waals surface area contributed by atoms with E-state index in [1.54, 1.807) is 6.07 Å². The number of aryl methyl sites for hydroxylation is 1. The lowest BCUT2D eigenvalue weighted by atomic mass is 10.1. The highest BCUT2D eigenvalue weighted by molar-refractivity contribution is 5.86. The second-order valence-corrected chi connectivity index (χ2v) is 4.16. The summed E-state index contributed by atoms with van der Waals surface area (Å²) in [6, 6.07) is 17.1. The number of rotatable bonds is 1. The molecule has 0 N–H and O–H groups in total. The summed E-state index contributed by atoms with van der Waals surface area (Å²) >= 11 is 0. The zero-order valence-corrected chi connectivity index (χ0v) is 9.52. The van der Waals surface area contributed by atoms with Crippen LogP contribution in [0.3, 0.4) is 0 Å². The molecular weight excluding hydrogens is 213 g/mol. The van der Waals surface area contributed by atoms with Gasteiger partial charge < -0.3 is 4.57 Å². The lowest BCUT2D eigenvalue weighted by Crippen LogP contribution is -1.91. The van der Waals surface area contributed by atoms with Gasteiger partial charge in [-0.2, -0.15) is 0 Å². The first-order chi connectivity index (χ1) is 8.25. The van der Waals surface area contributed by atoms with Gasteiger partial charge in [0.1, 0.15) is 5.82 Å². The smallest absolute Gasteiger partial charge is 0.125 e. The van der Waals surface area contributed by atoms with Gasteiger partial charge in [0.25, 0.3) is 0 Å². The second kappa shape index (κ2) is 3.74. The van der Waals surface area contributed by atoms with Crippen molar-refractivity contribution in [2.24, 2.45) is 7.05 Å². The molecular formula is C15H12FN. The van der Waals surface area contributed by atoms with Gasteiger partial charge in [-0.25, -0.2) is 4.39 Å². The molecule has 0 saturated heterocycles. The lowest BCUT2D eigenvalue weighted by molar-refractivity contribution is 0.629. The molecule has 0 atom stereocenters. The molecule has 3 aromatic rings. The molecule has 0 unspecified atom stereocenters. The summed E-state index contributed by atoms with van der Waals surface area (Å²) in [6.45, 7) is 0. The third-order valence-electron chi connectivity index (χ3n) is 3.08. The van der Waals surface area contributed by atoms with Gasteiger partial charge in [-0.15, -0.1) is 0 Å². The van der Waals surface area contributed by atoms with Crippen molar-refractivity contribution in [2.75, 3.05) is 0 Å². The number of benzene rings is 2. The zero-order chi connectivity index (χ0) is 11.8. The Balaban J connectivity index is 2.28. The molecule has 0 radical (unpaired) electrons. The van der Waals surface area contributed by atoms with Gasteiger partial charge >= 0.3 is 0 Å². The van der Waals surface area contributed by atoms with Crippen LogP contribution in [0.4, 0.5) is 4.39 Å². The number of hydrogen-bond acceptors (Lipinski definition) is 0. The molecule has 3 rings (SSSR count). The SMILES string of the molecule is Cn1c(-c2ccccc2)cc2ccc(F)cc21. The Morgan fingerprint density at radius 2 is 1.71 bits per heavy atom. The van der Waals surface area contributed by atoms with Crippen LogP contribution in [0.1, 0.15) is 0 Å². The highest BCUT2D eigenvalue weighted by Gasteiger charge is 2.07. The van der Waals surface area contributed by atoms with Crippen LogP contribution in [0.25, 0.3) is 22.2 Å². The van der Waals surface area contributed by atoms with Crippen molar-refractivity contribution in [1.82, 2.24) is 4.57 Å². The van der Waals surface area contributed by atoms with Crippen LogP contribution in [0.5, 0.6) is 0 Å². The van der Waals surface area contributed by atoms with Gasteiger partial charge in [-0.1, -0.05) is 30.3 Å². The fraction of sp³-hybridized carbons (Fsp3) is 0.0667. The van der Waals surface area contributed by atoms with Gasteiger partial charge in [0, 0.05) is 18.1 Å². The number of halogens is 1. The van der Waals surface area contributed by atoms with E-state index in [9.17, 15) is 4.39 Å². The maximum Gasteiger partial charge on any atom is 0.125 e. The van der Waals surface area contributed by atoms with E-state index in [1.807, 2.05) is 35.9 Å². The van der Waals surface area contributed by atoms with Gasteiger partial charge in [0.05, 0.1) is 5.52 Å². The fourth-order valence-corrected chi connectivity index (χ4v) is 2.19. The average Bonchev–Trinajstić information content (AvgIpc) is 2.68. The van der Waals surface area contributed by atoms with Crippen LogP contribution in [-0.4, -0.2) is 4.57 Å². The Labute approximate surface area is 99.1 Å². The van der Waals surface area contributed by atoms with Gasteiger partial charge in [0.15, 0.2) is 0 Å². The van der Waals surface area contributed by atoms with Crippen molar-refractivity contribution >= 4 is 10.9 Å². The zero-order valence-electron chi connectivity index (χ0n) is 9.52. The quantitative estimate of drug-likeness (QED) is 0.590. The maximum atomic E-state index is 13.2.